The summed E-state index contributed by atoms with van der Waals surface area (Å²) >= 11 is 9.08. The van der Waals surface area contributed by atoms with Gasteiger partial charge in [-0.25, -0.2) is 8.78 Å². The summed E-state index contributed by atoms with van der Waals surface area (Å²) in [7, 11) is 0. The SMILES string of the molecule is NC(Cc1cc(F)ccc1Cl)c1cccc(Br)c1F. The lowest BCUT2D eigenvalue weighted by atomic mass is 9.99. The van der Waals surface area contributed by atoms with Gasteiger partial charge in [-0.05, 0) is 52.2 Å². The van der Waals surface area contributed by atoms with Gasteiger partial charge >= 0.3 is 0 Å². The second-order valence-corrected chi connectivity index (χ2v) is 5.45. The Balaban J connectivity index is 2.28. The fourth-order valence-corrected chi connectivity index (χ4v) is 2.43. The van der Waals surface area contributed by atoms with E-state index in [9.17, 15) is 8.78 Å². The molecule has 19 heavy (non-hydrogen) atoms. The lowest BCUT2D eigenvalue weighted by molar-refractivity contribution is 0.573. The molecule has 2 N–H and O–H groups in total. The third kappa shape index (κ3) is 3.32. The molecule has 1 atom stereocenters. The Labute approximate surface area is 123 Å². The average molecular weight is 347 g/mol. The number of halogens is 4. The number of hydrogen-bond acceptors (Lipinski definition) is 1. The van der Waals surface area contributed by atoms with Crippen LogP contribution in [0, 0.1) is 11.6 Å². The zero-order valence-electron chi connectivity index (χ0n) is 9.84. The van der Waals surface area contributed by atoms with Crippen molar-refractivity contribution in [3.05, 3.63) is 68.7 Å². The van der Waals surface area contributed by atoms with Gasteiger partial charge in [0.05, 0.1) is 4.47 Å². The summed E-state index contributed by atoms with van der Waals surface area (Å²) in [6, 6.07) is 8.39. The minimum atomic E-state index is -0.586. The average Bonchev–Trinajstić information content (AvgIpc) is 2.37. The molecule has 0 amide bonds. The Kier molecular flexibility index (Phi) is 4.55. The Morgan fingerprint density at radius 2 is 1.95 bits per heavy atom. The Hall–Kier alpha value is -0.970. The number of hydrogen-bond donors (Lipinski definition) is 1. The monoisotopic (exact) mass is 345 g/mol. The largest absolute Gasteiger partial charge is 0.324 e. The molecule has 0 saturated heterocycles. The van der Waals surface area contributed by atoms with Crippen LogP contribution in [0.25, 0.3) is 0 Å². The third-order valence-electron chi connectivity index (χ3n) is 2.83. The molecule has 0 saturated carbocycles. The molecule has 0 radical (unpaired) electrons. The predicted molar refractivity (Wildman–Crippen MR) is 76.1 cm³/mol. The van der Waals surface area contributed by atoms with Crippen molar-refractivity contribution in [1.82, 2.24) is 0 Å². The van der Waals surface area contributed by atoms with Crippen molar-refractivity contribution in [1.29, 1.82) is 0 Å². The Morgan fingerprint density at radius 1 is 1.21 bits per heavy atom. The van der Waals surface area contributed by atoms with Gasteiger partial charge in [-0.1, -0.05) is 23.7 Å². The van der Waals surface area contributed by atoms with Gasteiger partial charge in [-0.3, -0.25) is 0 Å². The van der Waals surface area contributed by atoms with Crippen molar-refractivity contribution in [2.45, 2.75) is 12.5 Å². The van der Waals surface area contributed by atoms with Gasteiger partial charge in [-0.2, -0.15) is 0 Å². The maximum absolute atomic E-state index is 13.9. The van der Waals surface area contributed by atoms with Crippen LogP contribution in [0.2, 0.25) is 5.02 Å². The molecule has 0 aliphatic rings. The number of nitrogens with two attached hydrogens (primary N) is 1. The van der Waals surface area contributed by atoms with Crippen molar-refractivity contribution >= 4 is 27.5 Å². The number of rotatable bonds is 3. The summed E-state index contributed by atoms with van der Waals surface area (Å²) in [5.41, 5.74) is 6.91. The molecule has 1 unspecified atom stereocenters. The minimum absolute atomic E-state index is 0.268. The molecule has 2 aromatic carbocycles. The first-order valence-electron chi connectivity index (χ1n) is 5.62. The molecule has 0 heterocycles. The lowest BCUT2D eigenvalue weighted by Crippen LogP contribution is -2.15. The van der Waals surface area contributed by atoms with Crippen LogP contribution < -0.4 is 5.73 Å². The molecule has 5 heteroatoms. The van der Waals surface area contributed by atoms with E-state index in [1.165, 1.54) is 18.2 Å². The van der Waals surface area contributed by atoms with Crippen LogP contribution in [0.4, 0.5) is 8.78 Å². The highest BCUT2D eigenvalue weighted by molar-refractivity contribution is 9.10. The fourth-order valence-electron chi connectivity index (χ4n) is 1.85. The molecule has 2 rings (SSSR count). The van der Waals surface area contributed by atoms with Crippen LogP contribution in [-0.2, 0) is 6.42 Å². The van der Waals surface area contributed by atoms with Gasteiger partial charge in [0.1, 0.15) is 11.6 Å². The molecular weight excluding hydrogens is 336 g/mol. The van der Waals surface area contributed by atoms with Crippen molar-refractivity contribution in [2.24, 2.45) is 5.73 Å². The third-order valence-corrected chi connectivity index (χ3v) is 3.81. The molecule has 0 aliphatic carbocycles. The molecule has 0 aromatic heterocycles. The second-order valence-electron chi connectivity index (χ2n) is 4.19. The standard InChI is InChI=1S/C14H11BrClF2N/c15-11-3-1-2-10(14(11)18)13(19)7-8-6-9(17)4-5-12(8)16/h1-6,13H,7,19H2. The highest BCUT2D eigenvalue weighted by Gasteiger charge is 2.15. The molecule has 1 nitrogen and oxygen atoms in total. The van der Waals surface area contributed by atoms with E-state index in [-0.39, 0.29) is 12.2 Å². The number of benzene rings is 2. The van der Waals surface area contributed by atoms with E-state index in [4.69, 9.17) is 17.3 Å². The smallest absolute Gasteiger partial charge is 0.142 e. The molecule has 0 spiro atoms. The van der Waals surface area contributed by atoms with Crippen LogP contribution in [-0.4, -0.2) is 0 Å². The van der Waals surface area contributed by atoms with E-state index >= 15 is 0 Å². The van der Waals surface area contributed by atoms with E-state index < -0.39 is 11.9 Å². The van der Waals surface area contributed by atoms with Crippen LogP contribution in [0.15, 0.2) is 40.9 Å². The van der Waals surface area contributed by atoms with Gasteiger partial charge < -0.3 is 5.73 Å². The molecule has 100 valence electrons. The molecule has 0 fully saturated rings. The van der Waals surface area contributed by atoms with Crippen molar-refractivity contribution in [3.63, 3.8) is 0 Å². The zero-order chi connectivity index (χ0) is 14.0. The predicted octanol–water partition coefficient (Wildman–Crippen LogP) is 4.62. The summed E-state index contributed by atoms with van der Waals surface area (Å²) in [6.07, 6.45) is 0.268. The van der Waals surface area contributed by atoms with Gasteiger partial charge in [0, 0.05) is 16.6 Å². The van der Waals surface area contributed by atoms with Gasteiger partial charge in [0.15, 0.2) is 0 Å². The first kappa shape index (κ1) is 14.4. The van der Waals surface area contributed by atoms with Gasteiger partial charge in [0.25, 0.3) is 0 Å². The van der Waals surface area contributed by atoms with Gasteiger partial charge in [-0.15, -0.1) is 0 Å². The highest BCUT2D eigenvalue weighted by Crippen LogP contribution is 2.27. The second kappa shape index (κ2) is 5.99. The summed E-state index contributed by atoms with van der Waals surface area (Å²) in [5.74, 6) is -0.788. The summed E-state index contributed by atoms with van der Waals surface area (Å²) in [5, 5.41) is 0.423. The van der Waals surface area contributed by atoms with Crippen LogP contribution >= 0.6 is 27.5 Å². The van der Waals surface area contributed by atoms with Crippen LogP contribution in [0.1, 0.15) is 17.2 Å². The van der Waals surface area contributed by atoms with Crippen molar-refractivity contribution in [2.75, 3.05) is 0 Å². The Morgan fingerprint density at radius 3 is 2.68 bits per heavy atom. The maximum atomic E-state index is 13.9. The maximum Gasteiger partial charge on any atom is 0.142 e. The van der Waals surface area contributed by atoms with E-state index in [1.807, 2.05) is 0 Å². The van der Waals surface area contributed by atoms with E-state index in [0.29, 0.717) is 20.6 Å². The zero-order valence-corrected chi connectivity index (χ0v) is 12.2. The van der Waals surface area contributed by atoms with Crippen LogP contribution in [0.5, 0.6) is 0 Å². The fraction of sp³-hybridized carbons (Fsp3) is 0.143. The van der Waals surface area contributed by atoms with E-state index in [1.54, 1.807) is 18.2 Å². The molecule has 0 bridgehead atoms. The van der Waals surface area contributed by atoms with Crippen molar-refractivity contribution < 1.29 is 8.78 Å². The minimum Gasteiger partial charge on any atom is -0.324 e. The topological polar surface area (TPSA) is 26.0 Å². The Bertz CT molecular complexity index is 604. The summed E-state index contributed by atoms with van der Waals surface area (Å²) in [6.45, 7) is 0. The summed E-state index contributed by atoms with van der Waals surface area (Å²) in [4.78, 5) is 0. The normalized spacial score (nSPS) is 12.5. The molecule has 2 aromatic rings. The lowest BCUT2D eigenvalue weighted by Gasteiger charge is -2.14. The first-order valence-corrected chi connectivity index (χ1v) is 6.79. The molecule has 0 aliphatic heterocycles. The van der Waals surface area contributed by atoms with E-state index in [0.717, 1.165) is 0 Å². The van der Waals surface area contributed by atoms with Crippen molar-refractivity contribution in [3.8, 4) is 0 Å². The van der Waals surface area contributed by atoms with Gasteiger partial charge in [0.2, 0.25) is 0 Å². The molecular formula is C14H11BrClF2N. The quantitative estimate of drug-likeness (QED) is 0.862. The highest BCUT2D eigenvalue weighted by atomic mass is 79.9. The summed E-state index contributed by atoms with van der Waals surface area (Å²) < 4.78 is 27.4. The van der Waals surface area contributed by atoms with Crippen LogP contribution in [0.3, 0.4) is 0 Å². The first-order chi connectivity index (χ1) is 8.99. The van der Waals surface area contributed by atoms with E-state index in [2.05, 4.69) is 15.9 Å².